The van der Waals surface area contributed by atoms with Crippen molar-refractivity contribution in [3.05, 3.63) is 46.6 Å². The van der Waals surface area contributed by atoms with Crippen molar-refractivity contribution in [2.24, 2.45) is 0 Å². The molecule has 13 heavy (non-hydrogen) atoms. The fraction of sp³-hybridized carbons (Fsp3) is 0.182. The topological polar surface area (TPSA) is 26.3 Å². The van der Waals surface area contributed by atoms with Crippen LogP contribution in [0.4, 0.5) is 0 Å². The highest BCUT2D eigenvalue weighted by Crippen LogP contribution is 2.18. The smallest absolute Gasteiger partial charge is 0.220 e. The molecular formula is C11H12O2. The van der Waals surface area contributed by atoms with Crippen molar-refractivity contribution >= 4 is 5.57 Å². The molecule has 0 aromatic heterocycles. The predicted octanol–water partition coefficient (Wildman–Crippen LogP) is 2.09. The summed E-state index contributed by atoms with van der Waals surface area (Å²) in [6.07, 6.45) is 0. The molecule has 68 valence electrons. The largest absolute Gasteiger partial charge is 0.492 e. The molecule has 0 aliphatic heterocycles. The first-order chi connectivity index (χ1) is 6.16. The lowest BCUT2D eigenvalue weighted by Gasteiger charge is -2.02. The Morgan fingerprint density at radius 1 is 1.38 bits per heavy atom. The van der Waals surface area contributed by atoms with Crippen LogP contribution in [0.15, 0.2) is 35.6 Å². The molecule has 1 aromatic rings. The zero-order chi connectivity index (χ0) is 9.84. The van der Waals surface area contributed by atoms with Gasteiger partial charge < -0.3 is 4.74 Å². The molecule has 0 fully saturated rings. The number of hydrogen-bond acceptors (Lipinski definition) is 2. The van der Waals surface area contributed by atoms with E-state index in [-0.39, 0.29) is 5.43 Å². The van der Waals surface area contributed by atoms with Crippen LogP contribution < -0.4 is 10.2 Å². The predicted molar refractivity (Wildman–Crippen MR) is 54.0 cm³/mol. The van der Waals surface area contributed by atoms with Crippen LogP contribution in [0.3, 0.4) is 0 Å². The molecule has 0 spiro atoms. The molecule has 0 bridgehead atoms. The molecule has 0 radical (unpaired) electrons. The van der Waals surface area contributed by atoms with E-state index in [0.717, 1.165) is 11.1 Å². The number of rotatable bonds is 2. The molecule has 0 saturated heterocycles. The number of ether oxygens (including phenoxy) is 1. The van der Waals surface area contributed by atoms with Gasteiger partial charge in [-0.2, -0.15) is 0 Å². The maximum atomic E-state index is 11.4. The summed E-state index contributed by atoms with van der Waals surface area (Å²) in [5, 5.41) is 0. The molecule has 0 atom stereocenters. The normalized spacial score (nSPS) is 9.38. The first kappa shape index (κ1) is 9.52. The van der Waals surface area contributed by atoms with Crippen LogP contribution in [0.5, 0.6) is 5.75 Å². The molecule has 1 rings (SSSR count). The Kier molecular flexibility index (Phi) is 2.85. The average molecular weight is 176 g/mol. The molecular weight excluding hydrogens is 164 g/mol. The van der Waals surface area contributed by atoms with Gasteiger partial charge in [-0.05, 0) is 18.6 Å². The Bertz CT molecular complexity index is 380. The van der Waals surface area contributed by atoms with E-state index in [4.69, 9.17) is 4.74 Å². The van der Waals surface area contributed by atoms with E-state index in [9.17, 15) is 4.79 Å². The standard InChI is InChI=1S/C11H12O2/c1-8(2)9-6-4-5-7-10(12)11(9)13-3/h4-7H,1H2,2-3H3. The quantitative estimate of drug-likeness (QED) is 0.689. The van der Waals surface area contributed by atoms with Gasteiger partial charge in [-0.1, -0.05) is 24.8 Å². The van der Waals surface area contributed by atoms with E-state index in [1.54, 1.807) is 12.1 Å². The zero-order valence-corrected chi connectivity index (χ0v) is 7.83. The van der Waals surface area contributed by atoms with Gasteiger partial charge in [0.1, 0.15) is 0 Å². The van der Waals surface area contributed by atoms with Crippen molar-refractivity contribution in [3.63, 3.8) is 0 Å². The molecule has 0 amide bonds. The number of hydrogen-bond donors (Lipinski definition) is 0. The molecule has 0 unspecified atom stereocenters. The second-order valence-electron chi connectivity index (χ2n) is 2.81. The van der Waals surface area contributed by atoms with E-state index in [2.05, 4.69) is 6.58 Å². The van der Waals surface area contributed by atoms with Crippen molar-refractivity contribution in [1.82, 2.24) is 0 Å². The molecule has 2 heteroatoms. The average Bonchev–Trinajstić information content (AvgIpc) is 2.26. The number of methoxy groups -OCH3 is 1. The molecule has 0 N–H and O–H groups in total. The second-order valence-corrected chi connectivity index (χ2v) is 2.81. The molecule has 0 saturated carbocycles. The van der Waals surface area contributed by atoms with Crippen LogP contribution in [0, 0.1) is 0 Å². The van der Waals surface area contributed by atoms with E-state index < -0.39 is 0 Å². The van der Waals surface area contributed by atoms with Gasteiger partial charge in [-0.3, -0.25) is 4.79 Å². The summed E-state index contributed by atoms with van der Waals surface area (Å²) >= 11 is 0. The van der Waals surface area contributed by atoms with Gasteiger partial charge in [0.25, 0.3) is 0 Å². The van der Waals surface area contributed by atoms with Crippen LogP contribution in [-0.4, -0.2) is 7.11 Å². The van der Waals surface area contributed by atoms with Gasteiger partial charge in [-0.25, -0.2) is 0 Å². The minimum absolute atomic E-state index is 0.120. The van der Waals surface area contributed by atoms with Crippen LogP contribution in [0.1, 0.15) is 12.5 Å². The van der Waals surface area contributed by atoms with Crippen molar-refractivity contribution in [2.75, 3.05) is 7.11 Å². The monoisotopic (exact) mass is 176 g/mol. The van der Waals surface area contributed by atoms with E-state index >= 15 is 0 Å². The molecule has 2 nitrogen and oxygen atoms in total. The van der Waals surface area contributed by atoms with E-state index in [1.165, 1.54) is 13.2 Å². The Labute approximate surface area is 77.5 Å². The molecule has 0 aliphatic carbocycles. The minimum Gasteiger partial charge on any atom is -0.492 e. The zero-order valence-electron chi connectivity index (χ0n) is 7.83. The van der Waals surface area contributed by atoms with Gasteiger partial charge >= 0.3 is 0 Å². The minimum atomic E-state index is -0.120. The summed E-state index contributed by atoms with van der Waals surface area (Å²) in [5.74, 6) is 0.359. The molecule has 1 aromatic carbocycles. The maximum Gasteiger partial charge on any atom is 0.220 e. The third-order valence-corrected chi connectivity index (χ3v) is 1.75. The Morgan fingerprint density at radius 3 is 2.54 bits per heavy atom. The second kappa shape index (κ2) is 3.90. The lowest BCUT2D eigenvalue weighted by Crippen LogP contribution is -2.02. The van der Waals surface area contributed by atoms with Gasteiger partial charge in [0.15, 0.2) is 5.75 Å². The number of allylic oxidation sites excluding steroid dienone is 1. The first-order valence-corrected chi connectivity index (χ1v) is 4.00. The Balaban J connectivity index is 3.52. The van der Waals surface area contributed by atoms with E-state index in [1.807, 2.05) is 13.0 Å². The summed E-state index contributed by atoms with van der Waals surface area (Å²) in [6, 6.07) is 6.79. The van der Waals surface area contributed by atoms with Crippen molar-refractivity contribution < 1.29 is 4.74 Å². The summed E-state index contributed by atoms with van der Waals surface area (Å²) in [7, 11) is 1.49. The van der Waals surface area contributed by atoms with Gasteiger partial charge in [0, 0.05) is 5.56 Å². The van der Waals surface area contributed by atoms with Crippen molar-refractivity contribution in [1.29, 1.82) is 0 Å². The highest BCUT2D eigenvalue weighted by Gasteiger charge is 2.04. The van der Waals surface area contributed by atoms with Crippen LogP contribution >= 0.6 is 0 Å². The third kappa shape index (κ3) is 1.96. The summed E-state index contributed by atoms with van der Waals surface area (Å²) in [5.41, 5.74) is 1.47. The highest BCUT2D eigenvalue weighted by molar-refractivity contribution is 5.66. The fourth-order valence-corrected chi connectivity index (χ4v) is 1.13. The summed E-state index contributed by atoms with van der Waals surface area (Å²) in [6.45, 7) is 5.63. The lowest BCUT2D eigenvalue weighted by atomic mass is 10.1. The summed E-state index contributed by atoms with van der Waals surface area (Å²) in [4.78, 5) is 11.4. The first-order valence-electron chi connectivity index (χ1n) is 4.00. The van der Waals surface area contributed by atoms with Crippen molar-refractivity contribution in [2.45, 2.75) is 6.92 Å². The van der Waals surface area contributed by atoms with Gasteiger partial charge in [0.2, 0.25) is 5.43 Å². The summed E-state index contributed by atoms with van der Waals surface area (Å²) < 4.78 is 5.02. The van der Waals surface area contributed by atoms with Gasteiger partial charge in [0.05, 0.1) is 7.11 Å². The van der Waals surface area contributed by atoms with Gasteiger partial charge in [-0.15, -0.1) is 0 Å². The molecule has 0 heterocycles. The van der Waals surface area contributed by atoms with Crippen LogP contribution in [0.25, 0.3) is 5.57 Å². The van der Waals surface area contributed by atoms with E-state index in [0.29, 0.717) is 5.75 Å². The third-order valence-electron chi connectivity index (χ3n) is 1.75. The van der Waals surface area contributed by atoms with Crippen LogP contribution in [-0.2, 0) is 0 Å². The lowest BCUT2D eigenvalue weighted by molar-refractivity contribution is 0.410. The fourth-order valence-electron chi connectivity index (χ4n) is 1.13. The van der Waals surface area contributed by atoms with Crippen LogP contribution in [0.2, 0.25) is 0 Å². The SMILES string of the molecule is C=C(C)c1ccccc(=O)c1OC. The van der Waals surface area contributed by atoms with Crippen molar-refractivity contribution in [3.8, 4) is 5.75 Å². The molecule has 0 aliphatic rings. The maximum absolute atomic E-state index is 11.4. The Morgan fingerprint density at radius 2 is 2.00 bits per heavy atom. The Hall–Kier alpha value is -1.57. The highest BCUT2D eigenvalue weighted by atomic mass is 16.5.